The van der Waals surface area contributed by atoms with Gasteiger partial charge in [0.2, 0.25) is 10.0 Å². The van der Waals surface area contributed by atoms with Gasteiger partial charge in [0, 0.05) is 18.2 Å². The van der Waals surface area contributed by atoms with Gasteiger partial charge in [-0.1, -0.05) is 18.2 Å². The lowest BCUT2D eigenvalue weighted by molar-refractivity contribution is -0.385. The molecule has 1 aromatic rings. The smallest absolute Gasteiger partial charge is 0.321 e. The average molecular weight is 318 g/mol. The molecule has 3 N–H and O–H groups in total. The molecule has 0 amide bonds. The van der Waals surface area contributed by atoms with Crippen LogP contribution in [0, 0.1) is 10.1 Å². The van der Waals surface area contributed by atoms with Crippen LogP contribution in [-0.4, -0.2) is 42.2 Å². The molecule has 0 bridgehead atoms. The highest BCUT2D eigenvalue weighted by molar-refractivity contribution is 7.88. The maximum Gasteiger partial charge on any atom is 0.321 e. The standard InChI is InChI=1S/C11H14N2O7S/c14-6-5-9(11(15)16)12-21(19,20)7-8-3-1-2-4-10(8)13(17)18/h1-4,9,12,14H,5-7H2,(H,15,16)/t9-/m0/s1. The van der Waals surface area contributed by atoms with Gasteiger partial charge < -0.3 is 10.2 Å². The SMILES string of the molecule is O=C(O)[C@H](CCO)NS(=O)(=O)Cc1ccccc1[N+](=O)[O-]. The van der Waals surface area contributed by atoms with E-state index in [-0.39, 0.29) is 17.7 Å². The Morgan fingerprint density at radius 1 is 1.38 bits per heavy atom. The number of carboxylic acid groups (broad SMARTS) is 1. The molecule has 116 valence electrons. The van der Waals surface area contributed by atoms with Crippen LogP contribution in [0.2, 0.25) is 0 Å². The highest BCUT2D eigenvalue weighted by atomic mass is 32.2. The van der Waals surface area contributed by atoms with Gasteiger partial charge in [0.25, 0.3) is 5.69 Å². The Balaban J connectivity index is 2.95. The number of aliphatic hydroxyl groups is 1. The Bertz CT molecular complexity index is 629. The van der Waals surface area contributed by atoms with Crippen molar-refractivity contribution in [2.75, 3.05) is 6.61 Å². The Morgan fingerprint density at radius 2 is 2.00 bits per heavy atom. The number of nitro benzene ring substituents is 1. The molecule has 0 aliphatic heterocycles. The van der Waals surface area contributed by atoms with Crippen LogP contribution in [0.25, 0.3) is 0 Å². The van der Waals surface area contributed by atoms with E-state index in [1.54, 1.807) is 0 Å². The molecule has 0 saturated heterocycles. The van der Waals surface area contributed by atoms with E-state index in [2.05, 4.69) is 0 Å². The molecule has 0 fully saturated rings. The number of benzene rings is 1. The predicted molar refractivity (Wildman–Crippen MR) is 72.0 cm³/mol. The van der Waals surface area contributed by atoms with E-state index in [0.717, 1.165) is 6.07 Å². The lowest BCUT2D eigenvalue weighted by Crippen LogP contribution is -2.41. The van der Waals surface area contributed by atoms with Gasteiger partial charge in [0.1, 0.15) is 6.04 Å². The minimum Gasteiger partial charge on any atom is -0.480 e. The lowest BCUT2D eigenvalue weighted by atomic mass is 10.2. The number of hydrogen-bond donors (Lipinski definition) is 3. The van der Waals surface area contributed by atoms with Gasteiger partial charge >= 0.3 is 5.97 Å². The number of carbonyl (C=O) groups is 1. The Labute approximate surface area is 120 Å². The molecule has 0 spiro atoms. The van der Waals surface area contributed by atoms with Crippen molar-refractivity contribution in [3.05, 3.63) is 39.9 Å². The van der Waals surface area contributed by atoms with Gasteiger partial charge in [0.05, 0.1) is 10.7 Å². The molecule has 0 saturated carbocycles. The summed E-state index contributed by atoms with van der Waals surface area (Å²) in [5.74, 6) is -2.16. The van der Waals surface area contributed by atoms with Crippen LogP contribution in [0.1, 0.15) is 12.0 Å². The second kappa shape index (κ2) is 7.11. The van der Waals surface area contributed by atoms with Crippen molar-refractivity contribution in [2.24, 2.45) is 0 Å². The number of nitrogens with one attached hydrogen (secondary N) is 1. The van der Waals surface area contributed by atoms with Crippen molar-refractivity contribution in [1.29, 1.82) is 0 Å². The maximum atomic E-state index is 11.9. The van der Waals surface area contributed by atoms with Crippen molar-refractivity contribution in [2.45, 2.75) is 18.2 Å². The minimum absolute atomic E-state index is 0.0527. The third-order valence-electron chi connectivity index (χ3n) is 2.57. The molecule has 1 aromatic carbocycles. The third kappa shape index (κ3) is 5.10. The van der Waals surface area contributed by atoms with E-state index in [0.29, 0.717) is 0 Å². The van der Waals surface area contributed by atoms with Gasteiger partial charge in [-0.25, -0.2) is 13.1 Å². The first-order valence-electron chi connectivity index (χ1n) is 5.83. The number of aliphatic carboxylic acids is 1. The summed E-state index contributed by atoms with van der Waals surface area (Å²) in [6, 6.07) is 3.79. The number of nitrogens with zero attached hydrogens (tertiary/aromatic N) is 1. The van der Waals surface area contributed by atoms with Gasteiger partial charge in [-0.3, -0.25) is 14.9 Å². The van der Waals surface area contributed by atoms with Gasteiger partial charge in [0.15, 0.2) is 0 Å². The molecule has 0 radical (unpaired) electrons. The van der Waals surface area contributed by atoms with Crippen molar-refractivity contribution in [3.8, 4) is 0 Å². The van der Waals surface area contributed by atoms with Gasteiger partial charge in [-0.15, -0.1) is 0 Å². The minimum atomic E-state index is -4.10. The fourth-order valence-corrected chi connectivity index (χ4v) is 3.03. The zero-order chi connectivity index (χ0) is 16.0. The second-order valence-corrected chi connectivity index (χ2v) is 5.92. The van der Waals surface area contributed by atoms with Crippen LogP contribution in [0.5, 0.6) is 0 Å². The molecule has 21 heavy (non-hydrogen) atoms. The van der Waals surface area contributed by atoms with Crippen LogP contribution >= 0.6 is 0 Å². The van der Waals surface area contributed by atoms with Crippen molar-refractivity contribution >= 4 is 21.7 Å². The summed E-state index contributed by atoms with van der Waals surface area (Å²) < 4.78 is 25.7. The molecule has 0 aliphatic carbocycles. The van der Waals surface area contributed by atoms with E-state index in [1.807, 2.05) is 4.72 Å². The Kier molecular flexibility index (Phi) is 5.76. The molecular weight excluding hydrogens is 304 g/mol. The van der Waals surface area contributed by atoms with Crippen LogP contribution in [0.15, 0.2) is 24.3 Å². The average Bonchev–Trinajstić information content (AvgIpc) is 2.37. The molecule has 0 aliphatic rings. The van der Waals surface area contributed by atoms with Crippen molar-refractivity contribution < 1.29 is 28.3 Å². The Morgan fingerprint density at radius 3 is 2.52 bits per heavy atom. The van der Waals surface area contributed by atoms with Crippen LogP contribution in [-0.2, 0) is 20.6 Å². The largest absolute Gasteiger partial charge is 0.480 e. The van der Waals surface area contributed by atoms with E-state index in [1.165, 1.54) is 18.2 Å². The molecule has 0 heterocycles. The van der Waals surface area contributed by atoms with Gasteiger partial charge in [-0.2, -0.15) is 0 Å². The number of para-hydroxylation sites is 1. The van der Waals surface area contributed by atoms with E-state index >= 15 is 0 Å². The summed E-state index contributed by atoms with van der Waals surface area (Å²) >= 11 is 0. The lowest BCUT2D eigenvalue weighted by Gasteiger charge is -2.13. The zero-order valence-electron chi connectivity index (χ0n) is 10.8. The van der Waals surface area contributed by atoms with E-state index in [9.17, 15) is 23.3 Å². The fraction of sp³-hybridized carbons (Fsp3) is 0.364. The third-order valence-corrected chi connectivity index (χ3v) is 3.91. The number of carboxylic acids is 1. The van der Waals surface area contributed by atoms with E-state index in [4.69, 9.17) is 10.2 Å². The summed E-state index contributed by atoms with van der Waals surface area (Å²) in [6.07, 6.45) is -0.300. The van der Waals surface area contributed by atoms with E-state index < -0.39 is 39.3 Å². The van der Waals surface area contributed by atoms with Crippen LogP contribution in [0.4, 0.5) is 5.69 Å². The first-order chi connectivity index (χ1) is 9.76. The van der Waals surface area contributed by atoms with Gasteiger partial charge in [-0.05, 0) is 6.42 Å². The van der Waals surface area contributed by atoms with Crippen molar-refractivity contribution in [1.82, 2.24) is 4.72 Å². The first kappa shape index (κ1) is 17.0. The molecule has 1 rings (SSSR count). The highest BCUT2D eigenvalue weighted by Crippen LogP contribution is 2.19. The summed E-state index contributed by atoms with van der Waals surface area (Å²) in [5, 5.41) is 28.3. The first-order valence-corrected chi connectivity index (χ1v) is 7.48. The van der Waals surface area contributed by atoms with Crippen LogP contribution in [0.3, 0.4) is 0 Å². The topological polar surface area (TPSA) is 147 Å². The molecular formula is C11H14N2O7S. The second-order valence-electron chi connectivity index (χ2n) is 4.17. The van der Waals surface area contributed by atoms with Crippen molar-refractivity contribution in [3.63, 3.8) is 0 Å². The highest BCUT2D eigenvalue weighted by Gasteiger charge is 2.26. The molecule has 9 nitrogen and oxygen atoms in total. The number of rotatable bonds is 8. The molecule has 10 heteroatoms. The number of hydrogen-bond acceptors (Lipinski definition) is 6. The summed E-state index contributed by atoms with van der Waals surface area (Å²) in [6.45, 7) is -0.509. The monoisotopic (exact) mass is 318 g/mol. The predicted octanol–water partition coefficient (Wildman–Crippen LogP) is -0.150. The number of aliphatic hydroxyl groups excluding tert-OH is 1. The zero-order valence-corrected chi connectivity index (χ0v) is 11.6. The number of nitro groups is 1. The normalized spacial score (nSPS) is 12.8. The summed E-state index contributed by atoms with van der Waals surface area (Å²) in [7, 11) is -4.10. The summed E-state index contributed by atoms with van der Waals surface area (Å²) in [5.41, 5.74) is -0.417. The molecule has 0 unspecified atom stereocenters. The maximum absolute atomic E-state index is 11.9. The molecule has 1 atom stereocenters. The fourth-order valence-electron chi connectivity index (χ4n) is 1.64. The van der Waals surface area contributed by atoms with Crippen LogP contribution < -0.4 is 4.72 Å². The Hall–Kier alpha value is -2.04. The number of sulfonamides is 1. The quantitative estimate of drug-likeness (QED) is 0.446. The summed E-state index contributed by atoms with van der Waals surface area (Å²) in [4.78, 5) is 20.9. The molecule has 0 aromatic heterocycles.